The highest BCUT2D eigenvalue weighted by molar-refractivity contribution is 7.19. The molecule has 3 aromatic rings. The second-order valence-corrected chi connectivity index (χ2v) is 5.46. The van der Waals surface area contributed by atoms with Gasteiger partial charge >= 0.3 is 0 Å². The minimum atomic E-state index is 0.560. The Hall–Kier alpha value is -2.64. The molecule has 2 aromatic carbocycles. The molecule has 0 spiro atoms. The van der Waals surface area contributed by atoms with Crippen LogP contribution < -0.4 is 4.74 Å². The fourth-order valence-electron chi connectivity index (χ4n) is 2.03. The van der Waals surface area contributed by atoms with E-state index in [0.717, 1.165) is 26.5 Å². The largest absolute Gasteiger partial charge is 0.497 e. The van der Waals surface area contributed by atoms with Gasteiger partial charge in [0.1, 0.15) is 16.8 Å². The summed E-state index contributed by atoms with van der Waals surface area (Å²) in [5.41, 5.74) is 2.40. The molecule has 21 heavy (non-hydrogen) atoms. The van der Waals surface area contributed by atoms with Gasteiger partial charge in [0, 0.05) is 0 Å². The van der Waals surface area contributed by atoms with Gasteiger partial charge in [-0.15, -0.1) is 11.3 Å². The van der Waals surface area contributed by atoms with Gasteiger partial charge in [-0.1, -0.05) is 24.3 Å². The highest BCUT2D eigenvalue weighted by Crippen LogP contribution is 2.28. The Morgan fingerprint density at radius 3 is 2.86 bits per heavy atom. The molecule has 0 bridgehead atoms. The summed E-state index contributed by atoms with van der Waals surface area (Å²) in [5.74, 6) is 0.769. The third kappa shape index (κ3) is 2.78. The average Bonchev–Trinajstić information content (AvgIpc) is 2.96. The van der Waals surface area contributed by atoms with Crippen molar-refractivity contribution in [2.24, 2.45) is 0 Å². The molecule has 4 heteroatoms. The molecule has 0 aliphatic heterocycles. The molecule has 3 rings (SSSR count). The SMILES string of the molecule is COc1cccc(/C=C(/C#N)c2nc3ccccc3s2)c1. The summed E-state index contributed by atoms with van der Waals surface area (Å²) in [5, 5.41) is 10.1. The quantitative estimate of drug-likeness (QED) is 0.673. The predicted octanol–water partition coefficient (Wildman–Crippen LogP) is 4.37. The number of rotatable bonds is 3. The summed E-state index contributed by atoms with van der Waals surface area (Å²) in [6.07, 6.45) is 1.83. The summed E-state index contributed by atoms with van der Waals surface area (Å²) >= 11 is 1.53. The normalized spacial score (nSPS) is 11.3. The van der Waals surface area contributed by atoms with Crippen molar-refractivity contribution >= 4 is 33.2 Å². The number of fused-ring (bicyclic) bond motifs is 1. The second kappa shape index (κ2) is 5.78. The van der Waals surface area contributed by atoms with E-state index in [1.807, 2.05) is 54.6 Å². The first-order valence-corrected chi connectivity index (χ1v) is 7.23. The monoisotopic (exact) mass is 292 g/mol. The molecule has 0 amide bonds. The molecule has 102 valence electrons. The number of methoxy groups -OCH3 is 1. The minimum absolute atomic E-state index is 0.560. The maximum absolute atomic E-state index is 9.41. The van der Waals surface area contributed by atoms with Crippen LogP contribution in [0.3, 0.4) is 0 Å². The second-order valence-electron chi connectivity index (χ2n) is 4.43. The van der Waals surface area contributed by atoms with Crippen molar-refractivity contribution in [3.8, 4) is 11.8 Å². The van der Waals surface area contributed by atoms with Crippen molar-refractivity contribution in [2.75, 3.05) is 7.11 Å². The van der Waals surface area contributed by atoms with Gasteiger partial charge in [-0.25, -0.2) is 4.98 Å². The van der Waals surface area contributed by atoms with E-state index in [0.29, 0.717) is 5.57 Å². The fraction of sp³-hybridized carbons (Fsp3) is 0.0588. The third-order valence-electron chi connectivity index (χ3n) is 3.05. The summed E-state index contributed by atoms with van der Waals surface area (Å²) < 4.78 is 6.28. The number of para-hydroxylation sites is 1. The Balaban J connectivity index is 2.04. The van der Waals surface area contributed by atoms with Gasteiger partial charge < -0.3 is 4.74 Å². The van der Waals surface area contributed by atoms with Crippen LogP contribution in [-0.2, 0) is 0 Å². The summed E-state index contributed by atoms with van der Waals surface area (Å²) in [7, 11) is 1.63. The Labute approximate surface area is 126 Å². The average molecular weight is 292 g/mol. The third-order valence-corrected chi connectivity index (χ3v) is 4.12. The van der Waals surface area contributed by atoms with Crippen molar-refractivity contribution in [2.45, 2.75) is 0 Å². The number of benzene rings is 2. The van der Waals surface area contributed by atoms with Crippen molar-refractivity contribution in [3.63, 3.8) is 0 Å². The van der Waals surface area contributed by atoms with Crippen molar-refractivity contribution in [1.82, 2.24) is 4.98 Å². The first kappa shape index (κ1) is 13.3. The molecule has 0 saturated heterocycles. The molecule has 0 aliphatic carbocycles. The molecule has 1 aromatic heterocycles. The van der Waals surface area contributed by atoms with Gasteiger partial charge in [-0.2, -0.15) is 5.26 Å². The molecule has 0 atom stereocenters. The zero-order valence-corrected chi connectivity index (χ0v) is 12.2. The molecular formula is C17H12N2OS. The lowest BCUT2D eigenvalue weighted by atomic mass is 10.1. The van der Waals surface area contributed by atoms with E-state index in [1.165, 1.54) is 11.3 Å². The highest BCUT2D eigenvalue weighted by atomic mass is 32.1. The smallest absolute Gasteiger partial charge is 0.135 e. The van der Waals surface area contributed by atoms with Crippen molar-refractivity contribution < 1.29 is 4.74 Å². The van der Waals surface area contributed by atoms with E-state index in [4.69, 9.17) is 4.74 Å². The van der Waals surface area contributed by atoms with Gasteiger partial charge in [0.05, 0.1) is 22.9 Å². The van der Waals surface area contributed by atoms with Gasteiger partial charge in [0.15, 0.2) is 0 Å². The molecular weight excluding hydrogens is 280 g/mol. The van der Waals surface area contributed by atoms with E-state index in [1.54, 1.807) is 7.11 Å². The van der Waals surface area contributed by atoms with Crippen LogP contribution >= 0.6 is 11.3 Å². The molecule has 1 heterocycles. The standard InChI is InChI=1S/C17H12N2OS/c1-20-14-6-4-5-12(10-14)9-13(11-18)17-19-15-7-2-3-8-16(15)21-17/h2-10H,1H3/b13-9-. The van der Waals surface area contributed by atoms with E-state index < -0.39 is 0 Å². The van der Waals surface area contributed by atoms with Gasteiger partial charge in [-0.3, -0.25) is 0 Å². The fourth-order valence-corrected chi connectivity index (χ4v) is 2.96. The molecule has 0 N–H and O–H groups in total. The number of thiazole rings is 1. The molecule has 0 fully saturated rings. The zero-order chi connectivity index (χ0) is 14.7. The number of hydrogen-bond acceptors (Lipinski definition) is 4. The van der Waals surface area contributed by atoms with E-state index in [2.05, 4.69) is 11.1 Å². The number of hydrogen-bond donors (Lipinski definition) is 0. The van der Waals surface area contributed by atoms with E-state index in [9.17, 15) is 5.26 Å². The molecule has 0 radical (unpaired) electrons. The van der Waals surface area contributed by atoms with Crippen LogP contribution in [-0.4, -0.2) is 12.1 Å². The summed E-state index contributed by atoms with van der Waals surface area (Å²) in [6.45, 7) is 0. The van der Waals surface area contributed by atoms with Crippen LogP contribution in [0.1, 0.15) is 10.6 Å². The number of aromatic nitrogens is 1. The lowest BCUT2D eigenvalue weighted by molar-refractivity contribution is 0.414. The molecule has 3 nitrogen and oxygen atoms in total. The minimum Gasteiger partial charge on any atom is -0.497 e. The Morgan fingerprint density at radius 2 is 2.10 bits per heavy atom. The molecule has 0 saturated carbocycles. The van der Waals surface area contributed by atoms with Crippen LogP contribution in [0.15, 0.2) is 48.5 Å². The van der Waals surface area contributed by atoms with Crippen LogP contribution in [0.25, 0.3) is 21.9 Å². The van der Waals surface area contributed by atoms with Crippen LogP contribution in [0, 0.1) is 11.3 Å². The lowest BCUT2D eigenvalue weighted by Gasteiger charge is -2.00. The Kier molecular flexibility index (Phi) is 3.67. The molecule has 0 unspecified atom stereocenters. The van der Waals surface area contributed by atoms with Crippen LogP contribution in [0.5, 0.6) is 5.75 Å². The zero-order valence-electron chi connectivity index (χ0n) is 11.4. The maximum Gasteiger partial charge on any atom is 0.135 e. The number of nitriles is 1. The van der Waals surface area contributed by atoms with E-state index in [-0.39, 0.29) is 0 Å². The van der Waals surface area contributed by atoms with Crippen molar-refractivity contribution in [1.29, 1.82) is 5.26 Å². The predicted molar refractivity (Wildman–Crippen MR) is 86.1 cm³/mol. The number of nitrogens with zero attached hydrogens (tertiary/aromatic N) is 2. The van der Waals surface area contributed by atoms with Gasteiger partial charge in [0.25, 0.3) is 0 Å². The Morgan fingerprint density at radius 1 is 1.24 bits per heavy atom. The molecule has 0 aliphatic rings. The first-order valence-electron chi connectivity index (χ1n) is 6.42. The maximum atomic E-state index is 9.41. The summed E-state index contributed by atoms with van der Waals surface area (Å²) in [6, 6.07) is 17.7. The highest BCUT2D eigenvalue weighted by Gasteiger charge is 2.08. The topological polar surface area (TPSA) is 45.9 Å². The Bertz CT molecular complexity index is 825. The number of allylic oxidation sites excluding steroid dienone is 1. The van der Waals surface area contributed by atoms with Crippen LogP contribution in [0.4, 0.5) is 0 Å². The summed E-state index contributed by atoms with van der Waals surface area (Å²) in [4.78, 5) is 4.52. The van der Waals surface area contributed by atoms with Crippen molar-refractivity contribution in [3.05, 3.63) is 59.1 Å². The first-order chi connectivity index (χ1) is 10.3. The van der Waals surface area contributed by atoms with Crippen LogP contribution in [0.2, 0.25) is 0 Å². The number of ether oxygens (including phenoxy) is 1. The van der Waals surface area contributed by atoms with E-state index >= 15 is 0 Å². The van der Waals surface area contributed by atoms with Gasteiger partial charge in [0.2, 0.25) is 0 Å². The van der Waals surface area contributed by atoms with Gasteiger partial charge in [-0.05, 0) is 35.9 Å². The lowest BCUT2D eigenvalue weighted by Crippen LogP contribution is -1.84.